The third-order valence-corrected chi connectivity index (χ3v) is 3.12. The highest BCUT2D eigenvalue weighted by Crippen LogP contribution is 2.11. The van der Waals surface area contributed by atoms with E-state index in [0.29, 0.717) is 11.3 Å². The highest BCUT2D eigenvalue weighted by Gasteiger charge is 2.03. The summed E-state index contributed by atoms with van der Waals surface area (Å²) in [5.74, 6) is 0.463. The van der Waals surface area contributed by atoms with Crippen LogP contribution in [-0.2, 0) is 6.42 Å². The van der Waals surface area contributed by atoms with Gasteiger partial charge in [0.1, 0.15) is 5.75 Å². The lowest BCUT2D eigenvalue weighted by molar-refractivity contribution is 0.0955. The van der Waals surface area contributed by atoms with Crippen molar-refractivity contribution in [3.05, 3.63) is 65.2 Å². The Morgan fingerprint density at radius 1 is 1.14 bits per heavy atom. The Kier molecular flexibility index (Phi) is 5.10. The maximum atomic E-state index is 11.9. The van der Waals surface area contributed by atoms with Gasteiger partial charge in [-0.3, -0.25) is 4.79 Å². The second kappa shape index (κ2) is 7.24. The van der Waals surface area contributed by atoms with Gasteiger partial charge in [0.2, 0.25) is 0 Å². The van der Waals surface area contributed by atoms with Crippen molar-refractivity contribution in [1.29, 1.82) is 0 Å². The Hall–Kier alpha value is -2.62. The molecule has 0 atom stereocenters. The van der Waals surface area contributed by atoms with Crippen molar-refractivity contribution in [1.82, 2.24) is 5.43 Å². The summed E-state index contributed by atoms with van der Waals surface area (Å²) in [6.45, 7) is 2.11. The standard InChI is InChI=1S/C17H18N2O2/c1-3-13-4-6-14(7-5-13)12-18-19-17(20)15-8-10-16(21-2)11-9-15/h4-12H,3H2,1-2H3,(H,19,20)/b18-12+. The molecule has 0 fully saturated rings. The van der Waals surface area contributed by atoms with Crippen LogP contribution in [0.2, 0.25) is 0 Å². The average Bonchev–Trinajstić information content (AvgIpc) is 2.55. The first-order chi connectivity index (χ1) is 10.2. The van der Waals surface area contributed by atoms with Gasteiger partial charge in [0.05, 0.1) is 13.3 Å². The van der Waals surface area contributed by atoms with Crippen molar-refractivity contribution in [2.45, 2.75) is 13.3 Å². The number of nitrogens with one attached hydrogen (secondary N) is 1. The number of hydrogen-bond donors (Lipinski definition) is 1. The van der Waals surface area contributed by atoms with Crippen LogP contribution in [0.1, 0.15) is 28.4 Å². The minimum absolute atomic E-state index is 0.251. The van der Waals surface area contributed by atoms with Crippen molar-refractivity contribution in [2.75, 3.05) is 7.11 Å². The highest BCUT2D eigenvalue weighted by molar-refractivity contribution is 5.94. The predicted molar refractivity (Wildman–Crippen MR) is 83.9 cm³/mol. The van der Waals surface area contributed by atoms with Gasteiger partial charge in [-0.15, -0.1) is 0 Å². The van der Waals surface area contributed by atoms with Gasteiger partial charge in [0.25, 0.3) is 5.91 Å². The quantitative estimate of drug-likeness (QED) is 0.677. The van der Waals surface area contributed by atoms with Gasteiger partial charge in [-0.25, -0.2) is 5.43 Å². The molecule has 2 aromatic carbocycles. The topological polar surface area (TPSA) is 50.7 Å². The second-order valence-electron chi connectivity index (χ2n) is 4.52. The van der Waals surface area contributed by atoms with Gasteiger partial charge in [-0.1, -0.05) is 31.2 Å². The van der Waals surface area contributed by atoms with Gasteiger partial charge in [-0.05, 0) is 41.8 Å². The summed E-state index contributed by atoms with van der Waals surface area (Å²) in [7, 11) is 1.59. The minimum atomic E-state index is -0.251. The largest absolute Gasteiger partial charge is 0.497 e. The highest BCUT2D eigenvalue weighted by atomic mass is 16.5. The number of hydrogen-bond acceptors (Lipinski definition) is 3. The Bertz CT molecular complexity index is 616. The van der Waals surface area contributed by atoms with E-state index in [4.69, 9.17) is 4.74 Å². The molecular weight excluding hydrogens is 264 g/mol. The fourth-order valence-corrected chi connectivity index (χ4v) is 1.81. The average molecular weight is 282 g/mol. The molecule has 0 spiro atoms. The van der Waals surface area contributed by atoms with Crippen LogP contribution in [0.15, 0.2) is 53.6 Å². The van der Waals surface area contributed by atoms with E-state index in [1.165, 1.54) is 5.56 Å². The number of carbonyl (C=O) groups excluding carboxylic acids is 1. The molecule has 1 amide bonds. The summed E-state index contributed by atoms with van der Waals surface area (Å²) in [5, 5.41) is 3.96. The summed E-state index contributed by atoms with van der Waals surface area (Å²) in [6.07, 6.45) is 2.63. The van der Waals surface area contributed by atoms with Crippen LogP contribution in [0.4, 0.5) is 0 Å². The third-order valence-electron chi connectivity index (χ3n) is 3.12. The molecule has 0 saturated heterocycles. The van der Waals surface area contributed by atoms with Crippen LogP contribution >= 0.6 is 0 Å². The van der Waals surface area contributed by atoms with Crippen LogP contribution in [0.25, 0.3) is 0 Å². The van der Waals surface area contributed by atoms with Crippen LogP contribution < -0.4 is 10.2 Å². The van der Waals surface area contributed by atoms with E-state index >= 15 is 0 Å². The second-order valence-corrected chi connectivity index (χ2v) is 4.52. The minimum Gasteiger partial charge on any atom is -0.497 e. The molecule has 0 unspecified atom stereocenters. The van der Waals surface area contributed by atoms with Crippen molar-refractivity contribution < 1.29 is 9.53 Å². The molecule has 21 heavy (non-hydrogen) atoms. The first-order valence-electron chi connectivity index (χ1n) is 6.79. The number of amides is 1. The van der Waals surface area contributed by atoms with Crippen LogP contribution in [0, 0.1) is 0 Å². The number of aryl methyl sites for hydroxylation is 1. The number of nitrogens with zero attached hydrogens (tertiary/aromatic N) is 1. The Labute approximate surface area is 124 Å². The molecular formula is C17H18N2O2. The maximum absolute atomic E-state index is 11.9. The van der Waals surface area contributed by atoms with Gasteiger partial charge in [0, 0.05) is 5.56 Å². The summed E-state index contributed by atoms with van der Waals surface area (Å²) in [5.41, 5.74) is 5.26. The van der Waals surface area contributed by atoms with E-state index in [1.807, 2.05) is 24.3 Å². The first-order valence-corrected chi connectivity index (χ1v) is 6.79. The molecule has 4 heteroatoms. The number of rotatable bonds is 5. The van der Waals surface area contributed by atoms with Crippen molar-refractivity contribution in [2.24, 2.45) is 5.10 Å². The molecule has 0 aliphatic rings. The zero-order valence-corrected chi connectivity index (χ0v) is 12.2. The zero-order chi connectivity index (χ0) is 15.1. The number of methoxy groups -OCH3 is 1. The van der Waals surface area contributed by atoms with E-state index in [-0.39, 0.29) is 5.91 Å². The van der Waals surface area contributed by atoms with Crippen LogP contribution in [-0.4, -0.2) is 19.2 Å². The Morgan fingerprint density at radius 3 is 2.38 bits per heavy atom. The van der Waals surface area contributed by atoms with Gasteiger partial charge >= 0.3 is 0 Å². The molecule has 0 heterocycles. The SMILES string of the molecule is CCc1ccc(/C=N/NC(=O)c2ccc(OC)cc2)cc1. The molecule has 4 nitrogen and oxygen atoms in total. The van der Waals surface area contributed by atoms with E-state index < -0.39 is 0 Å². The summed E-state index contributed by atoms with van der Waals surface area (Å²) >= 11 is 0. The number of carbonyl (C=O) groups is 1. The molecule has 0 aliphatic heterocycles. The van der Waals surface area contributed by atoms with Crippen LogP contribution in [0.5, 0.6) is 5.75 Å². The molecule has 2 aromatic rings. The molecule has 1 N–H and O–H groups in total. The van der Waals surface area contributed by atoms with E-state index in [9.17, 15) is 4.79 Å². The van der Waals surface area contributed by atoms with E-state index in [1.54, 1.807) is 37.6 Å². The maximum Gasteiger partial charge on any atom is 0.271 e. The van der Waals surface area contributed by atoms with Gasteiger partial charge in [0.15, 0.2) is 0 Å². The molecule has 0 radical (unpaired) electrons. The molecule has 2 rings (SSSR count). The lowest BCUT2D eigenvalue weighted by Crippen LogP contribution is -2.17. The van der Waals surface area contributed by atoms with E-state index in [2.05, 4.69) is 17.5 Å². The fourth-order valence-electron chi connectivity index (χ4n) is 1.81. The number of hydrazone groups is 1. The molecule has 0 saturated carbocycles. The molecule has 0 bridgehead atoms. The Balaban J connectivity index is 1.94. The zero-order valence-electron chi connectivity index (χ0n) is 12.2. The number of ether oxygens (including phenoxy) is 1. The smallest absolute Gasteiger partial charge is 0.271 e. The monoisotopic (exact) mass is 282 g/mol. The molecule has 108 valence electrons. The summed E-state index contributed by atoms with van der Waals surface area (Å²) in [4.78, 5) is 11.9. The first kappa shape index (κ1) is 14.8. The van der Waals surface area contributed by atoms with Crippen molar-refractivity contribution >= 4 is 12.1 Å². The van der Waals surface area contributed by atoms with Crippen LogP contribution in [0.3, 0.4) is 0 Å². The van der Waals surface area contributed by atoms with Gasteiger partial charge < -0.3 is 4.74 Å². The third kappa shape index (κ3) is 4.18. The lowest BCUT2D eigenvalue weighted by atomic mass is 10.1. The van der Waals surface area contributed by atoms with Crippen molar-refractivity contribution in [3.63, 3.8) is 0 Å². The summed E-state index contributed by atoms with van der Waals surface area (Å²) in [6, 6.07) is 14.9. The normalized spacial score (nSPS) is 10.6. The number of benzene rings is 2. The summed E-state index contributed by atoms with van der Waals surface area (Å²) < 4.78 is 5.05. The van der Waals surface area contributed by atoms with Crippen molar-refractivity contribution in [3.8, 4) is 5.75 Å². The molecule has 0 aliphatic carbocycles. The van der Waals surface area contributed by atoms with Gasteiger partial charge in [-0.2, -0.15) is 5.10 Å². The fraction of sp³-hybridized carbons (Fsp3) is 0.176. The molecule has 0 aromatic heterocycles. The lowest BCUT2D eigenvalue weighted by Gasteiger charge is -2.02. The Morgan fingerprint density at radius 2 is 1.81 bits per heavy atom. The predicted octanol–water partition coefficient (Wildman–Crippen LogP) is 3.02. The van der Waals surface area contributed by atoms with E-state index in [0.717, 1.165) is 12.0 Å².